The van der Waals surface area contributed by atoms with Crippen LogP contribution in [0.25, 0.3) is 0 Å². The largest absolute Gasteiger partial charge is 0.496 e. The molecule has 2 aromatic rings. The van der Waals surface area contributed by atoms with Gasteiger partial charge in [0.2, 0.25) is 0 Å². The number of likely N-dealkylation sites (N-methyl/N-ethyl adjacent to an activating group) is 1. The maximum atomic E-state index is 13.2. The van der Waals surface area contributed by atoms with E-state index < -0.39 is 17.5 Å². The van der Waals surface area contributed by atoms with Gasteiger partial charge in [-0.1, -0.05) is 50.2 Å². The van der Waals surface area contributed by atoms with Gasteiger partial charge in [-0.25, -0.2) is 4.79 Å². The van der Waals surface area contributed by atoms with Crippen LogP contribution in [0.3, 0.4) is 0 Å². The van der Waals surface area contributed by atoms with Crippen molar-refractivity contribution in [2.24, 2.45) is 0 Å². The molecule has 0 radical (unpaired) electrons. The van der Waals surface area contributed by atoms with Crippen molar-refractivity contribution in [1.82, 2.24) is 10.2 Å². The fraction of sp³-hybridized carbons (Fsp3) is 0.346. The van der Waals surface area contributed by atoms with Gasteiger partial charge in [0, 0.05) is 36.3 Å². The molecule has 1 fully saturated rings. The van der Waals surface area contributed by atoms with Gasteiger partial charge in [-0.3, -0.25) is 14.5 Å². The molecule has 0 saturated carbocycles. The van der Waals surface area contributed by atoms with E-state index in [1.165, 1.54) is 0 Å². The molecule has 0 bridgehead atoms. The maximum absolute atomic E-state index is 13.2. The molecule has 2 aromatic carbocycles. The Balaban J connectivity index is 1.53. The topological polar surface area (TPSA) is 79.0 Å². The summed E-state index contributed by atoms with van der Waals surface area (Å²) in [5.74, 6) is -0.0821. The Bertz CT molecular complexity index is 1170. The molecular weight excluding hydrogens is 418 g/mol. The van der Waals surface area contributed by atoms with E-state index in [0.717, 1.165) is 27.4 Å². The summed E-state index contributed by atoms with van der Waals surface area (Å²) in [6, 6.07) is 14.8. The highest BCUT2D eigenvalue weighted by Crippen LogP contribution is 2.46. The van der Waals surface area contributed by atoms with E-state index in [1.807, 2.05) is 54.4 Å². The summed E-state index contributed by atoms with van der Waals surface area (Å²) in [4.78, 5) is 41.9. The second kappa shape index (κ2) is 8.06. The molecule has 1 saturated heterocycles. The third kappa shape index (κ3) is 3.77. The number of allylic oxidation sites excluding steroid dienone is 1. The third-order valence-corrected chi connectivity index (χ3v) is 6.63. The minimum Gasteiger partial charge on any atom is -0.496 e. The number of amides is 3. The molecular formula is C26H29N3O4. The zero-order chi connectivity index (χ0) is 24.0. The minimum atomic E-state index is -1.15. The summed E-state index contributed by atoms with van der Waals surface area (Å²) in [7, 11) is 3.49. The number of anilines is 1. The number of imide groups is 1. The SMILES string of the molecule is COc1ccccc1CC1(C)NC(=O)N(CC(=O)/C=C2\N(C)c3ccccc3C2(C)C)C1=O. The van der Waals surface area contributed by atoms with Gasteiger partial charge in [-0.2, -0.15) is 0 Å². The molecule has 172 valence electrons. The summed E-state index contributed by atoms with van der Waals surface area (Å²) in [5, 5.41) is 2.77. The number of ketones is 1. The van der Waals surface area contributed by atoms with Crippen LogP contribution in [0.4, 0.5) is 10.5 Å². The van der Waals surface area contributed by atoms with Gasteiger partial charge in [0.25, 0.3) is 5.91 Å². The zero-order valence-corrected chi connectivity index (χ0v) is 19.6. The van der Waals surface area contributed by atoms with E-state index in [9.17, 15) is 14.4 Å². The van der Waals surface area contributed by atoms with E-state index in [1.54, 1.807) is 20.1 Å². The number of nitrogens with zero attached hydrogens (tertiary/aromatic N) is 2. The molecule has 0 aromatic heterocycles. The van der Waals surface area contributed by atoms with Gasteiger partial charge in [0.15, 0.2) is 5.78 Å². The van der Waals surface area contributed by atoms with Crippen molar-refractivity contribution < 1.29 is 19.1 Å². The van der Waals surface area contributed by atoms with Gasteiger partial charge < -0.3 is 15.0 Å². The molecule has 7 nitrogen and oxygen atoms in total. The summed E-state index contributed by atoms with van der Waals surface area (Å²) < 4.78 is 5.38. The van der Waals surface area contributed by atoms with E-state index in [4.69, 9.17) is 4.74 Å². The van der Waals surface area contributed by atoms with Gasteiger partial charge in [-0.05, 0) is 30.2 Å². The monoisotopic (exact) mass is 447 g/mol. The van der Waals surface area contributed by atoms with Crippen LogP contribution >= 0.6 is 0 Å². The number of urea groups is 1. The highest BCUT2D eigenvalue weighted by molar-refractivity contribution is 6.10. The van der Waals surface area contributed by atoms with Crippen LogP contribution in [0.15, 0.2) is 60.3 Å². The quantitative estimate of drug-likeness (QED) is 0.542. The number of carbonyl (C=O) groups excluding carboxylic acids is 3. The number of hydrogen-bond acceptors (Lipinski definition) is 5. The summed E-state index contributed by atoms with van der Waals surface area (Å²) >= 11 is 0. The number of ether oxygens (including phenoxy) is 1. The van der Waals surface area contributed by atoms with Crippen LogP contribution in [0, 0.1) is 0 Å². The molecule has 2 aliphatic heterocycles. The number of nitrogens with one attached hydrogen (secondary N) is 1. The van der Waals surface area contributed by atoms with E-state index in [-0.39, 0.29) is 24.2 Å². The molecule has 1 N–H and O–H groups in total. The first-order valence-electron chi connectivity index (χ1n) is 10.9. The van der Waals surface area contributed by atoms with Gasteiger partial charge in [-0.15, -0.1) is 0 Å². The lowest BCUT2D eigenvalue weighted by atomic mass is 9.83. The molecule has 0 aliphatic carbocycles. The summed E-state index contributed by atoms with van der Waals surface area (Å²) in [6.07, 6.45) is 1.81. The predicted octanol–water partition coefficient (Wildman–Crippen LogP) is 3.43. The fourth-order valence-electron chi connectivity index (χ4n) is 4.85. The molecule has 7 heteroatoms. The first-order valence-corrected chi connectivity index (χ1v) is 10.9. The Kier molecular flexibility index (Phi) is 5.52. The lowest BCUT2D eigenvalue weighted by Gasteiger charge is -2.24. The number of fused-ring (bicyclic) bond motifs is 1. The maximum Gasteiger partial charge on any atom is 0.325 e. The normalized spacial score (nSPS) is 22.5. The standard InChI is InChI=1S/C26H29N3O4/c1-25(2)19-11-7-8-12-20(19)28(4)22(25)14-18(30)16-29-23(31)26(3,27-24(29)32)15-17-10-6-9-13-21(17)33-5/h6-14H,15-16H2,1-5H3,(H,27,32)/b22-14-. The van der Waals surface area contributed by atoms with Crippen molar-refractivity contribution in [3.63, 3.8) is 0 Å². The van der Waals surface area contributed by atoms with Crippen molar-refractivity contribution in [2.45, 2.75) is 38.1 Å². The van der Waals surface area contributed by atoms with Crippen LogP contribution in [0.1, 0.15) is 31.9 Å². The van der Waals surface area contributed by atoms with Crippen LogP contribution < -0.4 is 15.0 Å². The molecule has 33 heavy (non-hydrogen) atoms. The molecule has 0 spiro atoms. The Morgan fingerprint density at radius 2 is 1.73 bits per heavy atom. The molecule has 2 aliphatic rings. The first-order chi connectivity index (χ1) is 15.6. The summed E-state index contributed by atoms with van der Waals surface area (Å²) in [6.45, 7) is 5.49. The number of methoxy groups -OCH3 is 1. The average Bonchev–Trinajstić information content (AvgIpc) is 3.11. The van der Waals surface area contributed by atoms with Crippen LogP contribution in [-0.4, -0.2) is 48.9 Å². The van der Waals surface area contributed by atoms with Crippen molar-refractivity contribution >= 4 is 23.4 Å². The van der Waals surface area contributed by atoms with Crippen molar-refractivity contribution in [3.8, 4) is 5.75 Å². The van der Waals surface area contributed by atoms with Crippen LogP contribution in [0.5, 0.6) is 5.75 Å². The minimum absolute atomic E-state index is 0.262. The Morgan fingerprint density at radius 3 is 2.42 bits per heavy atom. The van der Waals surface area contributed by atoms with Crippen molar-refractivity contribution in [3.05, 3.63) is 71.4 Å². The number of para-hydroxylation sites is 2. The fourth-order valence-corrected chi connectivity index (χ4v) is 4.85. The zero-order valence-electron chi connectivity index (χ0n) is 19.6. The van der Waals surface area contributed by atoms with Crippen molar-refractivity contribution in [2.75, 3.05) is 25.6 Å². The van der Waals surface area contributed by atoms with Gasteiger partial charge in [0.05, 0.1) is 13.7 Å². The summed E-state index contributed by atoms with van der Waals surface area (Å²) in [5.41, 5.74) is 2.29. The lowest BCUT2D eigenvalue weighted by molar-refractivity contribution is -0.133. The third-order valence-electron chi connectivity index (χ3n) is 6.63. The number of rotatable bonds is 6. The van der Waals surface area contributed by atoms with Crippen LogP contribution in [-0.2, 0) is 21.4 Å². The first kappa shape index (κ1) is 22.6. The Labute approximate surface area is 194 Å². The number of benzene rings is 2. The van der Waals surface area contributed by atoms with E-state index in [0.29, 0.717) is 5.75 Å². The smallest absolute Gasteiger partial charge is 0.325 e. The highest BCUT2D eigenvalue weighted by Gasteiger charge is 2.48. The Morgan fingerprint density at radius 1 is 1.06 bits per heavy atom. The predicted molar refractivity (Wildman–Crippen MR) is 126 cm³/mol. The molecule has 1 atom stereocenters. The molecule has 2 heterocycles. The second-order valence-corrected chi connectivity index (χ2v) is 9.34. The molecule has 4 rings (SSSR count). The second-order valence-electron chi connectivity index (χ2n) is 9.34. The van der Waals surface area contributed by atoms with E-state index >= 15 is 0 Å². The highest BCUT2D eigenvalue weighted by atomic mass is 16.5. The van der Waals surface area contributed by atoms with Gasteiger partial charge in [0.1, 0.15) is 11.3 Å². The van der Waals surface area contributed by atoms with Gasteiger partial charge >= 0.3 is 6.03 Å². The number of carbonyl (C=O) groups is 3. The Hall–Kier alpha value is -3.61. The van der Waals surface area contributed by atoms with Crippen LogP contribution in [0.2, 0.25) is 0 Å². The molecule has 3 amide bonds. The number of hydrogen-bond donors (Lipinski definition) is 1. The molecule has 1 unspecified atom stereocenters. The average molecular weight is 448 g/mol. The van der Waals surface area contributed by atoms with Crippen molar-refractivity contribution in [1.29, 1.82) is 0 Å². The lowest BCUT2D eigenvalue weighted by Crippen LogP contribution is -2.46. The van der Waals surface area contributed by atoms with E-state index in [2.05, 4.69) is 25.2 Å².